The van der Waals surface area contributed by atoms with E-state index in [1.54, 1.807) is 0 Å². The predicted molar refractivity (Wildman–Crippen MR) is 75.1 cm³/mol. The molecule has 2 rings (SSSR count). The first-order chi connectivity index (χ1) is 8.99. The first-order valence-corrected chi connectivity index (χ1v) is 7.32. The molecule has 0 radical (unpaired) electrons. The van der Waals surface area contributed by atoms with Gasteiger partial charge in [-0.1, -0.05) is 0 Å². The largest absolute Gasteiger partial charge is 0.379 e. The summed E-state index contributed by atoms with van der Waals surface area (Å²) in [6, 6.07) is 0.409. The van der Waals surface area contributed by atoms with E-state index in [-0.39, 0.29) is 11.4 Å². The van der Waals surface area contributed by atoms with Crippen LogP contribution in [0, 0.1) is 0 Å². The summed E-state index contributed by atoms with van der Waals surface area (Å²) in [7, 11) is 0. The quantitative estimate of drug-likeness (QED) is 0.801. The Balaban J connectivity index is 1.95. The van der Waals surface area contributed by atoms with Gasteiger partial charge in [-0.2, -0.15) is 0 Å². The highest BCUT2D eigenvalue weighted by Crippen LogP contribution is 2.19. The number of hydrogen-bond acceptors (Lipinski definition) is 4. The summed E-state index contributed by atoms with van der Waals surface area (Å²) < 4.78 is 5.43. The van der Waals surface area contributed by atoms with Crippen LogP contribution in [0.5, 0.6) is 0 Å². The molecule has 110 valence electrons. The van der Waals surface area contributed by atoms with Crippen molar-refractivity contribution in [2.45, 2.75) is 38.8 Å². The van der Waals surface area contributed by atoms with Gasteiger partial charge in [-0.05, 0) is 20.8 Å². The van der Waals surface area contributed by atoms with E-state index < -0.39 is 0 Å². The van der Waals surface area contributed by atoms with Gasteiger partial charge >= 0.3 is 0 Å². The molecule has 1 unspecified atom stereocenters. The Kier molecular flexibility index (Phi) is 4.81. The second-order valence-electron chi connectivity index (χ2n) is 6.29. The maximum absolute atomic E-state index is 11.5. The summed E-state index contributed by atoms with van der Waals surface area (Å²) in [5.41, 5.74) is 0.130. The highest BCUT2D eigenvalue weighted by atomic mass is 16.5. The molecule has 0 aliphatic carbocycles. The van der Waals surface area contributed by atoms with Crippen LogP contribution in [-0.4, -0.2) is 73.2 Å². The van der Waals surface area contributed by atoms with Gasteiger partial charge in [0.25, 0.3) is 0 Å². The maximum Gasteiger partial charge on any atom is 0.221 e. The molecule has 0 aromatic heterocycles. The number of amides is 1. The molecule has 0 aromatic carbocycles. The van der Waals surface area contributed by atoms with E-state index in [0.717, 1.165) is 45.9 Å². The molecule has 2 fully saturated rings. The molecule has 2 aliphatic rings. The van der Waals surface area contributed by atoms with Crippen LogP contribution in [0.4, 0.5) is 0 Å². The second-order valence-corrected chi connectivity index (χ2v) is 6.29. The number of hydrogen-bond donors (Lipinski definition) is 1. The molecular weight excluding hydrogens is 242 g/mol. The van der Waals surface area contributed by atoms with Crippen molar-refractivity contribution in [2.24, 2.45) is 0 Å². The van der Waals surface area contributed by atoms with Gasteiger partial charge in [-0.3, -0.25) is 14.6 Å². The smallest absolute Gasteiger partial charge is 0.221 e. The van der Waals surface area contributed by atoms with Gasteiger partial charge in [0.15, 0.2) is 0 Å². The second kappa shape index (κ2) is 6.20. The van der Waals surface area contributed by atoms with Crippen LogP contribution in [0.25, 0.3) is 0 Å². The third-order valence-electron chi connectivity index (χ3n) is 4.30. The van der Waals surface area contributed by atoms with Gasteiger partial charge in [0.05, 0.1) is 13.2 Å². The van der Waals surface area contributed by atoms with Crippen LogP contribution < -0.4 is 5.32 Å². The highest BCUT2D eigenvalue weighted by molar-refractivity contribution is 5.76. The van der Waals surface area contributed by atoms with Crippen LogP contribution in [0.1, 0.15) is 27.2 Å². The van der Waals surface area contributed by atoms with Gasteiger partial charge in [-0.15, -0.1) is 0 Å². The van der Waals surface area contributed by atoms with Crippen molar-refractivity contribution in [3.05, 3.63) is 0 Å². The van der Waals surface area contributed by atoms with Crippen molar-refractivity contribution < 1.29 is 9.53 Å². The lowest BCUT2D eigenvalue weighted by molar-refractivity contribution is -0.120. The molecule has 1 amide bonds. The number of carbonyl (C=O) groups excluding carboxylic acids is 1. The average molecular weight is 269 g/mol. The molecular formula is C14H27N3O2. The standard InChI is InChI=1S/C14H27N3O2/c1-12-10-15-13(18)4-5-16(12)11-14(2,3)17-6-8-19-9-7-17/h12H,4-11H2,1-3H3,(H,15,18). The number of morpholine rings is 1. The van der Waals surface area contributed by atoms with Gasteiger partial charge in [0.1, 0.15) is 0 Å². The maximum atomic E-state index is 11.5. The van der Waals surface area contributed by atoms with Gasteiger partial charge in [0, 0.05) is 50.7 Å². The Morgan fingerprint density at radius 1 is 1.32 bits per heavy atom. The summed E-state index contributed by atoms with van der Waals surface area (Å²) in [5.74, 6) is 0.179. The minimum Gasteiger partial charge on any atom is -0.379 e. The van der Waals surface area contributed by atoms with E-state index in [0.29, 0.717) is 12.5 Å². The van der Waals surface area contributed by atoms with Gasteiger partial charge in [-0.25, -0.2) is 0 Å². The monoisotopic (exact) mass is 269 g/mol. The van der Waals surface area contributed by atoms with Crippen molar-refractivity contribution in [1.29, 1.82) is 0 Å². The van der Waals surface area contributed by atoms with Crippen molar-refractivity contribution in [3.63, 3.8) is 0 Å². The summed E-state index contributed by atoms with van der Waals surface area (Å²) in [4.78, 5) is 16.4. The van der Waals surface area contributed by atoms with Crippen LogP contribution in [0.3, 0.4) is 0 Å². The third kappa shape index (κ3) is 3.91. The van der Waals surface area contributed by atoms with Crippen molar-refractivity contribution >= 4 is 5.91 Å². The third-order valence-corrected chi connectivity index (χ3v) is 4.30. The lowest BCUT2D eigenvalue weighted by Gasteiger charge is -2.44. The summed E-state index contributed by atoms with van der Waals surface area (Å²) in [6.45, 7) is 13.1. The lowest BCUT2D eigenvalue weighted by atomic mass is 10.00. The molecule has 2 aliphatic heterocycles. The molecule has 0 spiro atoms. The fourth-order valence-electron chi connectivity index (χ4n) is 2.95. The Morgan fingerprint density at radius 2 is 2.00 bits per heavy atom. The summed E-state index contributed by atoms with van der Waals surface area (Å²) in [5, 5.41) is 2.98. The molecule has 2 heterocycles. The Morgan fingerprint density at radius 3 is 2.68 bits per heavy atom. The van der Waals surface area contributed by atoms with Gasteiger partial charge in [0.2, 0.25) is 5.91 Å². The normalized spacial score (nSPS) is 27.9. The van der Waals surface area contributed by atoms with Crippen LogP contribution >= 0.6 is 0 Å². The Hall–Kier alpha value is -0.650. The fraction of sp³-hybridized carbons (Fsp3) is 0.929. The van der Waals surface area contributed by atoms with E-state index in [1.807, 2.05) is 0 Å². The molecule has 0 aromatic rings. The van der Waals surface area contributed by atoms with Crippen molar-refractivity contribution in [3.8, 4) is 0 Å². The van der Waals surface area contributed by atoms with Crippen molar-refractivity contribution in [2.75, 3.05) is 45.9 Å². The van der Waals surface area contributed by atoms with E-state index in [2.05, 4.69) is 35.9 Å². The highest BCUT2D eigenvalue weighted by Gasteiger charge is 2.32. The van der Waals surface area contributed by atoms with Crippen LogP contribution in [0.15, 0.2) is 0 Å². The topological polar surface area (TPSA) is 44.8 Å². The van der Waals surface area contributed by atoms with E-state index in [1.165, 1.54) is 0 Å². The Labute approximate surface area is 116 Å². The summed E-state index contributed by atoms with van der Waals surface area (Å²) in [6.07, 6.45) is 0.615. The van der Waals surface area contributed by atoms with E-state index in [9.17, 15) is 4.79 Å². The zero-order valence-corrected chi connectivity index (χ0v) is 12.4. The van der Waals surface area contributed by atoms with Gasteiger partial charge < -0.3 is 10.1 Å². The molecule has 2 saturated heterocycles. The molecule has 19 heavy (non-hydrogen) atoms. The Bertz CT molecular complexity index is 314. The number of rotatable bonds is 3. The lowest BCUT2D eigenvalue weighted by Crippen LogP contribution is -2.57. The van der Waals surface area contributed by atoms with Crippen molar-refractivity contribution in [1.82, 2.24) is 15.1 Å². The van der Waals surface area contributed by atoms with E-state index >= 15 is 0 Å². The molecule has 5 nitrogen and oxygen atoms in total. The number of nitrogens with one attached hydrogen (secondary N) is 1. The van der Waals surface area contributed by atoms with Crippen LogP contribution in [-0.2, 0) is 9.53 Å². The zero-order chi connectivity index (χ0) is 13.9. The minimum absolute atomic E-state index is 0.130. The zero-order valence-electron chi connectivity index (χ0n) is 12.4. The molecule has 1 atom stereocenters. The summed E-state index contributed by atoms with van der Waals surface area (Å²) >= 11 is 0. The number of carbonyl (C=O) groups is 1. The molecule has 0 bridgehead atoms. The molecule has 0 saturated carbocycles. The van der Waals surface area contributed by atoms with Crippen LogP contribution in [0.2, 0.25) is 0 Å². The predicted octanol–water partition coefficient (Wildman–Crippen LogP) is 0.308. The first-order valence-electron chi connectivity index (χ1n) is 7.32. The number of nitrogens with zero attached hydrogens (tertiary/aromatic N) is 2. The minimum atomic E-state index is 0.130. The molecule has 5 heteroatoms. The first kappa shape index (κ1) is 14.8. The van der Waals surface area contributed by atoms with E-state index in [4.69, 9.17) is 4.74 Å². The number of ether oxygens (including phenoxy) is 1. The average Bonchev–Trinajstić information content (AvgIpc) is 2.55. The molecule has 1 N–H and O–H groups in total. The fourth-order valence-corrected chi connectivity index (χ4v) is 2.95. The SMILES string of the molecule is CC1CNC(=O)CCN1CC(C)(C)N1CCOCC1.